The maximum atomic E-state index is 12.9. The molecule has 0 radical (unpaired) electrons. The van der Waals surface area contributed by atoms with Gasteiger partial charge in [0.1, 0.15) is 11.7 Å². The van der Waals surface area contributed by atoms with Gasteiger partial charge in [0.25, 0.3) is 5.56 Å². The third-order valence-electron chi connectivity index (χ3n) is 8.16. The van der Waals surface area contributed by atoms with E-state index in [2.05, 4.69) is 21.0 Å². The van der Waals surface area contributed by atoms with Crippen LogP contribution in [0, 0.1) is 16.7 Å². The number of fused-ring (bicyclic) bond motifs is 3. The summed E-state index contributed by atoms with van der Waals surface area (Å²) in [6.07, 6.45) is 6.64. The Morgan fingerprint density at radius 1 is 1.09 bits per heavy atom. The second-order valence-corrected chi connectivity index (χ2v) is 12.8. The molecule has 7 rings (SSSR count). The van der Waals surface area contributed by atoms with E-state index < -0.39 is 5.60 Å². The van der Waals surface area contributed by atoms with E-state index in [1.54, 1.807) is 46.3 Å². The molecule has 2 aliphatic rings. The molecule has 1 aliphatic carbocycles. The van der Waals surface area contributed by atoms with Crippen molar-refractivity contribution < 1.29 is 14.3 Å². The van der Waals surface area contributed by atoms with Crippen LogP contribution in [0.15, 0.2) is 71.9 Å². The van der Waals surface area contributed by atoms with Crippen LogP contribution in [0.5, 0.6) is 5.75 Å². The highest BCUT2D eigenvalue weighted by Crippen LogP contribution is 2.50. The number of benzene rings is 2. The third-order valence-corrected chi connectivity index (χ3v) is 8.16. The van der Waals surface area contributed by atoms with E-state index in [1.165, 1.54) is 6.07 Å². The van der Waals surface area contributed by atoms with Gasteiger partial charge in [0, 0.05) is 36.3 Å². The van der Waals surface area contributed by atoms with Crippen molar-refractivity contribution in [3.63, 3.8) is 0 Å². The molecule has 1 saturated heterocycles. The first-order chi connectivity index (χ1) is 21.1. The first-order valence-electron chi connectivity index (χ1n) is 14.6. The van der Waals surface area contributed by atoms with Crippen molar-refractivity contribution >= 4 is 22.9 Å². The average Bonchev–Trinajstić information content (AvgIpc) is 3.32. The van der Waals surface area contributed by atoms with Gasteiger partial charge in [-0.05, 0) is 63.4 Å². The summed E-state index contributed by atoms with van der Waals surface area (Å²) in [5.41, 5.74) is 3.18. The number of aromatic nitrogens is 5. The summed E-state index contributed by atoms with van der Waals surface area (Å²) in [6.45, 7) is 7.33. The Balaban J connectivity index is 1.01. The molecule has 5 aromatic rings. The lowest BCUT2D eigenvalue weighted by molar-refractivity contribution is -0.116. The third kappa shape index (κ3) is 5.13. The van der Waals surface area contributed by atoms with Crippen LogP contribution in [0.1, 0.15) is 44.7 Å². The Morgan fingerprint density at radius 2 is 1.86 bits per heavy atom. The second kappa shape index (κ2) is 10.2. The monoisotopic (exact) mass is 589 g/mol. The molecule has 1 spiro atoms. The Labute approximate surface area is 253 Å². The first-order valence-corrected chi connectivity index (χ1v) is 14.6. The minimum absolute atomic E-state index is 0.0698. The molecule has 3 aromatic heterocycles. The fourth-order valence-electron chi connectivity index (χ4n) is 6.14. The molecule has 2 fully saturated rings. The highest BCUT2D eigenvalue weighted by Gasteiger charge is 2.55. The molecular formula is C33H31N7O4. The molecule has 1 amide bonds. The molecule has 0 atom stereocenters. The van der Waals surface area contributed by atoms with Gasteiger partial charge in [-0.15, -0.1) is 0 Å². The maximum Gasteiger partial charge on any atom is 0.410 e. The summed E-state index contributed by atoms with van der Waals surface area (Å²) in [5.74, 6) is 1.66. The van der Waals surface area contributed by atoms with Gasteiger partial charge >= 0.3 is 6.09 Å². The smallest absolute Gasteiger partial charge is 0.410 e. The van der Waals surface area contributed by atoms with Crippen LogP contribution < -0.4 is 10.3 Å². The van der Waals surface area contributed by atoms with E-state index in [0.717, 1.165) is 29.5 Å². The van der Waals surface area contributed by atoms with Crippen molar-refractivity contribution in [3.8, 4) is 23.2 Å². The minimum atomic E-state index is -0.493. The number of imidazole rings is 1. The van der Waals surface area contributed by atoms with Crippen LogP contribution in [0.25, 0.3) is 28.2 Å². The highest BCUT2D eigenvalue weighted by molar-refractivity contribution is 5.81. The van der Waals surface area contributed by atoms with Crippen LogP contribution in [-0.2, 0) is 11.3 Å². The van der Waals surface area contributed by atoms with E-state index in [4.69, 9.17) is 9.47 Å². The second-order valence-electron chi connectivity index (χ2n) is 12.8. The predicted octanol–water partition coefficient (Wildman–Crippen LogP) is 4.80. The van der Waals surface area contributed by atoms with Crippen molar-refractivity contribution in [1.29, 1.82) is 5.26 Å². The predicted molar refractivity (Wildman–Crippen MR) is 162 cm³/mol. The number of nitrogens with zero attached hydrogens (tertiary/aromatic N) is 7. The van der Waals surface area contributed by atoms with Gasteiger partial charge in [0.2, 0.25) is 5.78 Å². The number of ether oxygens (including phenoxy) is 2. The Morgan fingerprint density at radius 3 is 2.59 bits per heavy atom. The maximum absolute atomic E-state index is 12.9. The standard InChI is InChI=1S/C33H31N7O4/c1-32(2,3)44-31(42)38-19-33(20-38)13-24(14-33)43-25-16-35-29(36-17-25)23-6-4-5-22(11-23)18-40-28(41)9-10-39-27-12-21(15-34)7-8-26(27)37-30(39)40/h4-12,16-17,24H,13-14,18-20H2,1-3H3. The van der Waals surface area contributed by atoms with Gasteiger partial charge in [-0.2, -0.15) is 5.26 Å². The molecular weight excluding hydrogens is 558 g/mol. The summed E-state index contributed by atoms with van der Waals surface area (Å²) in [6, 6.07) is 16.7. The molecule has 44 heavy (non-hydrogen) atoms. The highest BCUT2D eigenvalue weighted by atomic mass is 16.6. The van der Waals surface area contributed by atoms with Gasteiger partial charge in [-0.1, -0.05) is 18.2 Å². The van der Waals surface area contributed by atoms with Crippen molar-refractivity contribution in [3.05, 3.63) is 88.6 Å². The number of carbonyl (C=O) groups is 1. The minimum Gasteiger partial charge on any atom is -0.487 e. The average molecular weight is 590 g/mol. The van der Waals surface area contributed by atoms with E-state index in [0.29, 0.717) is 48.1 Å². The molecule has 11 heteroatoms. The van der Waals surface area contributed by atoms with Gasteiger partial charge in [0.15, 0.2) is 11.6 Å². The molecule has 0 bridgehead atoms. The lowest BCUT2D eigenvalue weighted by Gasteiger charge is -2.58. The SMILES string of the molecule is CC(C)(C)OC(=O)N1CC2(CC(Oc3cnc(-c4cccc(Cn5c(=O)ccn6c7cc(C#N)ccc7nc56)c4)nc3)C2)C1. The van der Waals surface area contributed by atoms with E-state index in [9.17, 15) is 14.9 Å². The first kappa shape index (κ1) is 27.6. The number of hydrogen-bond donors (Lipinski definition) is 0. The summed E-state index contributed by atoms with van der Waals surface area (Å²) in [5, 5.41) is 9.30. The van der Waals surface area contributed by atoms with E-state index in [1.807, 2.05) is 49.4 Å². The molecule has 1 saturated carbocycles. The van der Waals surface area contributed by atoms with Crippen molar-refractivity contribution in [2.24, 2.45) is 5.41 Å². The lowest BCUT2D eigenvalue weighted by atomic mass is 9.62. The topological polar surface area (TPSA) is 128 Å². The summed E-state index contributed by atoms with van der Waals surface area (Å²) >= 11 is 0. The summed E-state index contributed by atoms with van der Waals surface area (Å²) in [4.78, 5) is 40.7. The number of rotatable bonds is 5. The van der Waals surface area contributed by atoms with Crippen LogP contribution in [0.4, 0.5) is 4.79 Å². The molecule has 222 valence electrons. The van der Waals surface area contributed by atoms with Crippen molar-refractivity contribution in [2.75, 3.05) is 13.1 Å². The fourth-order valence-corrected chi connectivity index (χ4v) is 6.14. The lowest BCUT2D eigenvalue weighted by Crippen LogP contribution is -2.66. The Kier molecular flexibility index (Phi) is 6.39. The zero-order chi connectivity index (χ0) is 30.6. The fraction of sp³-hybridized carbons (Fsp3) is 0.333. The Bertz CT molecular complexity index is 2000. The normalized spacial score (nSPS) is 16.0. The largest absolute Gasteiger partial charge is 0.487 e. The Hall–Kier alpha value is -5.24. The van der Waals surface area contributed by atoms with Crippen molar-refractivity contribution in [1.82, 2.24) is 28.8 Å². The quantitative estimate of drug-likeness (QED) is 0.286. The molecule has 0 N–H and O–H groups in total. The number of likely N-dealkylation sites (tertiary alicyclic amines) is 1. The molecule has 2 aromatic carbocycles. The van der Waals surface area contributed by atoms with E-state index >= 15 is 0 Å². The van der Waals surface area contributed by atoms with Crippen LogP contribution in [-0.4, -0.2) is 59.7 Å². The van der Waals surface area contributed by atoms with Crippen LogP contribution in [0.3, 0.4) is 0 Å². The van der Waals surface area contributed by atoms with Gasteiger partial charge in [-0.3, -0.25) is 13.8 Å². The zero-order valence-electron chi connectivity index (χ0n) is 24.7. The van der Waals surface area contributed by atoms with Crippen LogP contribution >= 0.6 is 0 Å². The van der Waals surface area contributed by atoms with Gasteiger partial charge < -0.3 is 14.4 Å². The number of hydrogen-bond acceptors (Lipinski definition) is 8. The van der Waals surface area contributed by atoms with Gasteiger partial charge in [-0.25, -0.2) is 19.7 Å². The number of carbonyl (C=O) groups excluding carboxylic acids is 1. The zero-order valence-corrected chi connectivity index (χ0v) is 24.7. The molecule has 1 aliphatic heterocycles. The van der Waals surface area contributed by atoms with E-state index in [-0.39, 0.29) is 23.2 Å². The number of nitriles is 1. The molecule has 0 unspecified atom stereocenters. The van der Waals surface area contributed by atoms with Crippen molar-refractivity contribution in [2.45, 2.75) is 51.9 Å². The van der Waals surface area contributed by atoms with Gasteiger partial charge in [0.05, 0.1) is 41.6 Å². The number of amides is 1. The summed E-state index contributed by atoms with van der Waals surface area (Å²) < 4.78 is 15.0. The van der Waals surface area contributed by atoms with Crippen LogP contribution in [0.2, 0.25) is 0 Å². The summed E-state index contributed by atoms with van der Waals surface area (Å²) in [7, 11) is 0. The molecule has 4 heterocycles. The molecule has 11 nitrogen and oxygen atoms in total.